The van der Waals surface area contributed by atoms with Crippen molar-refractivity contribution in [1.82, 2.24) is 0 Å². The van der Waals surface area contributed by atoms with Crippen molar-refractivity contribution in [2.45, 2.75) is 19.4 Å². The van der Waals surface area contributed by atoms with Gasteiger partial charge in [0.05, 0.1) is 12.1 Å². The van der Waals surface area contributed by atoms with Gasteiger partial charge in [0.25, 0.3) is 5.91 Å². The molecule has 0 aliphatic rings. The smallest absolute Gasteiger partial charge is 0.311 e. The molecule has 0 saturated carbocycles. The molecule has 0 bridgehead atoms. The quantitative estimate of drug-likeness (QED) is 0.760. The Morgan fingerprint density at radius 2 is 1.92 bits per heavy atom. The SMILES string of the molecule is C[C@H](OC(=O)Cc1ccc(O)cc1)C(=O)Nc1ccc(Br)cc1F. The van der Waals surface area contributed by atoms with Gasteiger partial charge < -0.3 is 15.2 Å². The monoisotopic (exact) mass is 395 g/mol. The molecule has 0 aromatic heterocycles. The Hall–Kier alpha value is -2.41. The number of esters is 1. The minimum Gasteiger partial charge on any atom is -0.508 e. The topological polar surface area (TPSA) is 75.6 Å². The fourth-order valence-electron chi connectivity index (χ4n) is 1.90. The lowest BCUT2D eigenvalue weighted by Gasteiger charge is -2.14. The van der Waals surface area contributed by atoms with Crippen LogP contribution in [0.5, 0.6) is 5.75 Å². The molecule has 2 N–H and O–H groups in total. The molecule has 1 atom stereocenters. The molecular formula is C17H15BrFNO4. The summed E-state index contributed by atoms with van der Waals surface area (Å²) in [5, 5.41) is 11.6. The Labute approximate surface area is 146 Å². The Morgan fingerprint density at radius 3 is 2.54 bits per heavy atom. The number of hydrogen-bond acceptors (Lipinski definition) is 4. The lowest BCUT2D eigenvalue weighted by atomic mass is 10.1. The van der Waals surface area contributed by atoms with Gasteiger partial charge in [-0.1, -0.05) is 28.1 Å². The van der Waals surface area contributed by atoms with Crippen LogP contribution < -0.4 is 5.32 Å². The summed E-state index contributed by atoms with van der Waals surface area (Å²) in [6.07, 6.45) is -1.11. The van der Waals surface area contributed by atoms with Crippen molar-refractivity contribution in [3.63, 3.8) is 0 Å². The normalized spacial score (nSPS) is 11.6. The fourth-order valence-corrected chi connectivity index (χ4v) is 2.23. The summed E-state index contributed by atoms with van der Waals surface area (Å²) in [7, 11) is 0. The molecule has 0 spiro atoms. The lowest BCUT2D eigenvalue weighted by molar-refractivity contribution is -0.152. The zero-order valence-electron chi connectivity index (χ0n) is 12.8. The van der Waals surface area contributed by atoms with Crippen molar-refractivity contribution >= 4 is 33.5 Å². The van der Waals surface area contributed by atoms with Gasteiger partial charge in [0.2, 0.25) is 0 Å². The number of amides is 1. The van der Waals surface area contributed by atoms with Gasteiger partial charge in [-0.2, -0.15) is 0 Å². The van der Waals surface area contributed by atoms with Gasteiger partial charge in [0, 0.05) is 4.47 Å². The molecule has 126 valence electrons. The first-order valence-corrected chi connectivity index (χ1v) is 7.88. The van der Waals surface area contributed by atoms with Gasteiger partial charge >= 0.3 is 5.97 Å². The van der Waals surface area contributed by atoms with Crippen LogP contribution in [0.1, 0.15) is 12.5 Å². The molecule has 0 aliphatic heterocycles. The third kappa shape index (κ3) is 5.06. The highest BCUT2D eigenvalue weighted by atomic mass is 79.9. The largest absolute Gasteiger partial charge is 0.508 e. The average Bonchev–Trinajstić information content (AvgIpc) is 2.52. The summed E-state index contributed by atoms with van der Waals surface area (Å²) in [4.78, 5) is 23.8. The second kappa shape index (κ2) is 7.92. The molecule has 0 saturated heterocycles. The molecule has 0 unspecified atom stereocenters. The second-order valence-corrected chi connectivity index (χ2v) is 6.00. The number of halogens is 2. The summed E-state index contributed by atoms with van der Waals surface area (Å²) in [5.74, 6) is -1.73. The zero-order chi connectivity index (χ0) is 17.7. The Balaban J connectivity index is 1.90. The summed E-state index contributed by atoms with van der Waals surface area (Å²) < 4.78 is 19.3. The highest BCUT2D eigenvalue weighted by molar-refractivity contribution is 9.10. The molecule has 1 amide bonds. The number of carbonyl (C=O) groups is 2. The molecule has 24 heavy (non-hydrogen) atoms. The van der Waals surface area contributed by atoms with Crippen LogP contribution in [0.2, 0.25) is 0 Å². The Bertz CT molecular complexity index is 749. The first kappa shape index (κ1) is 17.9. The van der Waals surface area contributed by atoms with Crippen molar-refractivity contribution in [1.29, 1.82) is 0 Å². The van der Waals surface area contributed by atoms with E-state index in [-0.39, 0.29) is 17.9 Å². The van der Waals surface area contributed by atoms with Crippen LogP contribution in [0.4, 0.5) is 10.1 Å². The van der Waals surface area contributed by atoms with Crippen LogP contribution in [0.3, 0.4) is 0 Å². The van der Waals surface area contributed by atoms with E-state index in [0.29, 0.717) is 10.0 Å². The van der Waals surface area contributed by atoms with Gasteiger partial charge in [0.1, 0.15) is 11.6 Å². The van der Waals surface area contributed by atoms with Gasteiger partial charge in [-0.3, -0.25) is 9.59 Å². The molecule has 2 aromatic carbocycles. The van der Waals surface area contributed by atoms with Crippen LogP contribution in [-0.4, -0.2) is 23.1 Å². The number of carbonyl (C=O) groups excluding carboxylic acids is 2. The summed E-state index contributed by atoms with van der Waals surface area (Å²) in [6.45, 7) is 1.40. The number of rotatable bonds is 5. The van der Waals surface area contributed by atoms with Crippen LogP contribution in [0.25, 0.3) is 0 Å². The van der Waals surface area contributed by atoms with Crippen molar-refractivity contribution in [3.8, 4) is 5.75 Å². The molecule has 0 aliphatic carbocycles. The second-order valence-electron chi connectivity index (χ2n) is 5.09. The number of ether oxygens (including phenoxy) is 1. The van der Waals surface area contributed by atoms with Crippen molar-refractivity contribution in [2.75, 3.05) is 5.32 Å². The average molecular weight is 396 g/mol. The van der Waals surface area contributed by atoms with Crippen LogP contribution in [0.15, 0.2) is 46.9 Å². The number of benzene rings is 2. The highest BCUT2D eigenvalue weighted by Gasteiger charge is 2.19. The van der Waals surface area contributed by atoms with Crippen molar-refractivity contribution < 1.29 is 23.8 Å². The number of anilines is 1. The van der Waals surface area contributed by atoms with E-state index < -0.39 is 23.8 Å². The van der Waals surface area contributed by atoms with E-state index in [1.54, 1.807) is 18.2 Å². The van der Waals surface area contributed by atoms with Crippen LogP contribution in [0, 0.1) is 5.82 Å². The third-order valence-corrected chi connectivity index (χ3v) is 3.64. The fraction of sp³-hybridized carbons (Fsp3) is 0.176. The first-order valence-electron chi connectivity index (χ1n) is 7.08. The zero-order valence-corrected chi connectivity index (χ0v) is 14.3. The number of nitrogens with one attached hydrogen (secondary N) is 1. The van der Waals surface area contributed by atoms with Gasteiger partial charge in [-0.15, -0.1) is 0 Å². The number of phenolic OH excluding ortho intramolecular Hbond substituents is 1. The van der Waals surface area contributed by atoms with Crippen LogP contribution in [-0.2, 0) is 20.7 Å². The van der Waals surface area contributed by atoms with E-state index >= 15 is 0 Å². The Kier molecular flexibility index (Phi) is 5.92. The highest BCUT2D eigenvalue weighted by Crippen LogP contribution is 2.19. The first-order chi connectivity index (χ1) is 11.3. The van der Waals surface area contributed by atoms with Gasteiger partial charge in [-0.05, 0) is 42.8 Å². The number of aromatic hydroxyl groups is 1. The molecule has 2 rings (SSSR count). The third-order valence-electron chi connectivity index (χ3n) is 3.15. The van der Waals surface area contributed by atoms with Crippen LogP contribution >= 0.6 is 15.9 Å². The lowest BCUT2D eigenvalue weighted by Crippen LogP contribution is -2.30. The molecular weight excluding hydrogens is 381 g/mol. The summed E-state index contributed by atoms with van der Waals surface area (Å²) >= 11 is 3.12. The predicted octanol–water partition coefficient (Wildman–Crippen LogP) is 3.41. The number of hydrogen-bond donors (Lipinski definition) is 2. The van der Waals surface area contributed by atoms with Crippen molar-refractivity contribution in [3.05, 3.63) is 58.3 Å². The Morgan fingerprint density at radius 1 is 1.25 bits per heavy atom. The molecule has 0 heterocycles. The minimum absolute atomic E-state index is 0.00429. The van der Waals surface area contributed by atoms with E-state index in [1.165, 1.54) is 31.2 Å². The molecule has 2 aromatic rings. The van der Waals surface area contributed by atoms with Crippen molar-refractivity contribution in [2.24, 2.45) is 0 Å². The molecule has 5 nitrogen and oxygen atoms in total. The molecule has 0 fully saturated rings. The van der Waals surface area contributed by atoms with E-state index in [2.05, 4.69) is 21.2 Å². The van der Waals surface area contributed by atoms with E-state index in [4.69, 9.17) is 4.74 Å². The standard InChI is InChI=1S/C17H15BrFNO4/c1-10(17(23)20-15-7-4-12(18)9-14(15)19)24-16(22)8-11-2-5-13(21)6-3-11/h2-7,9-10,21H,8H2,1H3,(H,20,23)/t10-/m0/s1. The summed E-state index contributed by atoms with van der Waals surface area (Å²) in [5.41, 5.74) is 0.647. The minimum atomic E-state index is -1.07. The maximum Gasteiger partial charge on any atom is 0.311 e. The maximum atomic E-state index is 13.7. The van der Waals surface area contributed by atoms with Gasteiger partial charge in [-0.25, -0.2) is 4.39 Å². The molecule has 7 heteroatoms. The van der Waals surface area contributed by atoms with E-state index in [0.717, 1.165) is 0 Å². The maximum absolute atomic E-state index is 13.7. The molecule has 0 radical (unpaired) electrons. The predicted molar refractivity (Wildman–Crippen MR) is 90.1 cm³/mol. The number of phenols is 1. The van der Waals surface area contributed by atoms with Gasteiger partial charge in [0.15, 0.2) is 6.10 Å². The summed E-state index contributed by atoms with van der Waals surface area (Å²) in [6, 6.07) is 10.3. The van der Waals surface area contributed by atoms with E-state index in [1.807, 2.05) is 0 Å². The van der Waals surface area contributed by atoms with E-state index in [9.17, 15) is 19.1 Å².